The third-order valence-electron chi connectivity index (χ3n) is 6.92. The fraction of sp³-hybridized carbons (Fsp3) is 0.333. The van der Waals surface area contributed by atoms with Crippen molar-refractivity contribution in [2.24, 2.45) is 5.92 Å². The Hall–Kier alpha value is -4.66. The Balaban J connectivity index is 0.000000330. The van der Waals surface area contributed by atoms with Crippen molar-refractivity contribution in [2.75, 3.05) is 6.54 Å². The Bertz CT molecular complexity index is 1640. The molecule has 0 saturated carbocycles. The number of hydrogen-bond donors (Lipinski definition) is 3. The number of amides is 2. The minimum Gasteiger partial charge on any atom is -0.481 e. The number of allylic oxidation sites excluding steroid dienone is 1. The van der Waals surface area contributed by atoms with Crippen molar-refractivity contribution in [3.63, 3.8) is 0 Å². The van der Waals surface area contributed by atoms with Gasteiger partial charge in [-0.25, -0.2) is 13.8 Å². The van der Waals surface area contributed by atoms with Crippen LogP contribution in [0, 0.1) is 38.3 Å². The number of halogens is 2. The van der Waals surface area contributed by atoms with Crippen molar-refractivity contribution in [1.29, 1.82) is 0 Å². The zero-order valence-electron chi connectivity index (χ0n) is 27.1. The van der Waals surface area contributed by atoms with Crippen molar-refractivity contribution in [3.8, 4) is 11.1 Å². The Morgan fingerprint density at radius 3 is 2.22 bits per heavy atom. The zero-order chi connectivity index (χ0) is 33.8. The minimum absolute atomic E-state index is 0.117. The van der Waals surface area contributed by atoms with Gasteiger partial charge in [0, 0.05) is 19.0 Å². The molecule has 0 aliphatic rings. The first-order chi connectivity index (χ1) is 21.2. The number of aryl methyl sites for hydroxylation is 3. The van der Waals surface area contributed by atoms with Gasteiger partial charge >= 0.3 is 5.97 Å². The van der Waals surface area contributed by atoms with Crippen LogP contribution in [-0.4, -0.2) is 34.4 Å². The van der Waals surface area contributed by atoms with Crippen molar-refractivity contribution in [3.05, 3.63) is 99.2 Å². The van der Waals surface area contributed by atoms with Crippen LogP contribution in [-0.2, 0) is 9.59 Å². The monoisotopic (exact) mass is 619 g/mol. The molecule has 9 heteroatoms. The standard InChI is InChI=1S/C20H21F2NO3.C16H22N2O/c1-10-5-11(2)19(12(3)6-10)14-7-15(20(22)16(21)8-14)17(9-18(25)26)23-13(4)24;1-5-7-13-8-9-15(18-14(13)6-2)16(19)17-11-10-12(3)4/h5-8,17H,9H2,1-4H3,(H,23,24)(H,25,26);5-9,12H,1,10-11H2,2-4H3,(H,17,19)/b;13-7-,14-6+. The summed E-state index contributed by atoms with van der Waals surface area (Å²) in [6.45, 7) is 17.4. The molecule has 1 unspecified atom stereocenters. The number of pyridine rings is 1. The summed E-state index contributed by atoms with van der Waals surface area (Å²) < 4.78 is 28.7. The summed E-state index contributed by atoms with van der Waals surface area (Å²) in [6, 6.07) is 8.85. The topological polar surface area (TPSA) is 108 Å². The highest BCUT2D eigenvalue weighted by Gasteiger charge is 2.24. The van der Waals surface area contributed by atoms with Crippen LogP contribution in [0.4, 0.5) is 8.78 Å². The van der Waals surface area contributed by atoms with Crippen LogP contribution >= 0.6 is 0 Å². The summed E-state index contributed by atoms with van der Waals surface area (Å²) in [5, 5.41) is 16.1. The maximum Gasteiger partial charge on any atom is 0.305 e. The van der Waals surface area contributed by atoms with Crippen LogP contribution < -0.4 is 21.2 Å². The fourth-order valence-corrected chi connectivity index (χ4v) is 4.98. The summed E-state index contributed by atoms with van der Waals surface area (Å²) in [7, 11) is 0. The van der Waals surface area contributed by atoms with Gasteiger partial charge in [0.1, 0.15) is 5.69 Å². The van der Waals surface area contributed by atoms with E-state index in [-0.39, 0.29) is 11.5 Å². The second-order valence-corrected chi connectivity index (χ2v) is 11.3. The van der Waals surface area contributed by atoms with Crippen molar-refractivity contribution < 1.29 is 28.3 Å². The van der Waals surface area contributed by atoms with E-state index in [1.54, 1.807) is 12.1 Å². The molecule has 1 atom stereocenters. The number of carbonyl (C=O) groups excluding carboxylic acids is 2. The summed E-state index contributed by atoms with van der Waals surface area (Å²) in [4.78, 5) is 38.8. The maximum absolute atomic E-state index is 14.4. The van der Waals surface area contributed by atoms with Crippen LogP contribution in [0.25, 0.3) is 23.3 Å². The number of rotatable bonds is 10. The quantitative estimate of drug-likeness (QED) is 0.265. The largest absolute Gasteiger partial charge is 0.481 e. The molecule has 3 rings (SSSR count). The van der Waals surface area contributed by atoms with E-state index in [1.165, 1.54) is 13.0 Å². The van der Waals surface area contributed by atoms with Gasteiger partial charge in [-0.15, -0.1) is 0 Å². The molecule has 2 aromatic carbocycles. The van der Waals surface area contributed by atoms with E-state index in [0.717, 1.165) is 45.3 Å². The van der Waals surface area contributed by atoms with Crippen molar-refractivity contribution in [1.82, 2.24) is 15.6 Å². The van der Waals surface area contributed by atoms with Gasteiger partial charge in [0.15, 0.2) is 11.6 Å². The lowest BCUT2D eigenvalue weighted by atomic mass is 9.91. The molecule has 0 spiro atoms. The average molecular weight is 620 g/mol. The molecule has 0 radical (unpaired) electrons. The van der Waals surface area contributed by atoms with Gasteiger partial charge in [0.05, 0.1) is 17.8 Å². The second-order valence-electron chi connectivity index (χ2n) is 11.3. The van der Waals surface area contributed by atoms with Gasteiger partial charge in [-0.05, 0) is 85.7 Å². The lowest BCUT2D eigenvalue weighted by Crippen LogP contribution is -2.33. The van der Waals surface area contributed by atoms with Crippen molar-refractivity contribution >= 4 is 29.9 Å². The molecule has 0 bridgehead atoms. The first-order valence-corrected chi connectivity index (χ1v) is 14.8. The van der Waals surface area contributed by atoms with Crippen LogP contribution in [0.1, 0.15) is 79.3 Å². The van der Waals surface area contributed by atoms with Gasteiger partial charge in [-0.1, -0.05) is 62.4 Å². The van der Waals surface area contributed by atoms with E-state index in [2.05, 4.69) is 36.0 Å². The summed E-state index contributed by atoms with van der Waals surface area (Å²) in [5.74, 6) is -3.53. The molecule has 3 aromatic rings. The number of aromatic nitrogens is 1. The van der Waals surface area contributed by atoms with E-state index < -0.39 is 36.0 Å². The molecule has 3 N–H and O–H groups in total. The van der Waals surface area contributed by atoms with Gasteiger partial charge in [0.2, 0.25) is 5.91 Å². The van der Waals surface area contributed by atoms with E-state index >= 15 is 0 Å². The smallest absolute Gasteiger partial charge is 0.305 e. The SMILES string of the molecule is C=C/C=c1/ccc(C(=O)NCCC(C)C)n/c1=C/C.CC(=O)NC(CC(=O)O)c1cc(-c2c(C)cc(C)cc2C)cc(F)c1F. The highest BCUT2D eigenvalue weighted by molar-refractivity contribution is 5.92. The maximum atomic E-state index is 14.4. The number of benzene rings is 2. The Morgan fingerprint density at radius 2 is 1.69 bits per heavy atom. The highest BCUT2D eigenvalue weighted by atomic mass is 19.2. The average Bonchev–Trinajstić information content (AvgIpc) is 2.94. The minimum atomic E-state index is -1.23. The van der Waals surface area contributed by atoms with Crippen LogP contribution in [0.3, 0.4) is 0 Å². The molecular weight excluding hydrogens is 576 g/mol. The lowest BCUT2D eigenvalue weighted by Gasteiger charge is -2.20. The molecule has 0 aliphatic carbocycles. The molecular formula is C36H43F2N3O4. The van der Waals surface area contributed by atoms with Gasteiger partial charge in [0.25, 0.3) is 5.91 Å². The Labute approximate surface area is 263 Å². The molecule has 1 heterocycles. The van der Waals surface area contributed by atoms with Crippen LogP contribution in [0.5, 0.6) is 0 Å². The third-order valence-corrected chi connectivity index (χ3v) is 6.92. The Kier molecular flexibility index (Phi) is 13.8. The molecule has 1 aromatic heterocycles. The number of nitrogens with one attached hydrogen (secondary N) is 2. The second kappa shape index (κ2) is 17.0. The summed E-state index contributed by atoms with van der Waals surface area (Å²) >= 11 is 0. The van der Waals surface area contributed by atoms with E-state index in [0.29, 0.717) is 23.7 Å². The normalized spacial score (nSPS) is 12.3. The molecule has 0 aliphatic heterocycles. The van der Waals surface area contributed by atoms with E-state index in [4.69, 9.17) is 5.11 Å². The molecule has 2 amide bonds. The third kappa shape index (κ3) is 10.8. The van der Waals surface area contributed by atoms with Crippen molar-refractivity contribution in [2.45, 2.75) is 67.3 Å². The highest BCUT2D eigenvalue weighted by Crippen LogP contribution is 2.33. The Morgan fingerprint density at radius 1 is 1.04 bits per heavy atom. The lowest BCUT2D eigenvalue weighted by molar-refractivity contribution is -0.137. The number of nitrogens with zero attached hydrogens (tertiary/aromatic N) is 1. The van der Waals surface area contributed by atoms with Gasteiger partial charge < -0.3 is 15.7 Å². The number of carbonyl (C=O) groups is 3. The van der Waals surface area contributed by atoms with Crippen LogP contribution in [0.15, 0.2) is 49.1 Å². The van der Waals surface area contributed by atoms with Gasteiger partial charge in [-0.3, -0.25) is 14.4 Å². The fourth-order valence-electron chi connectivity index (χ4n) is 4.98. The van der Waals surface area contributed by atoms with Gasteiger partial charge in [-0.2, -0.15) is 0 Å². The summed E-state index contributed by atoms with van der Waals surface area (Å²) in [5.41, 5.74) is 4.31. The molecule has 45 heavy (non-hydrogen) atoms. The van der Waals surface area contributed by atoms with Crippen LogP contribution in [0.2, 0.25) is 0 Å². The molecule has 7 nitrogen and oxygen atoms in total. The van der Waals surface area contributed by atoms with E-state index in [9.17, 15) is 23.2 Å². The predicted octanol–water partition coefficient (Wildman–Crippen LogP) is 5.83. The number of carboxylic acids is 1. The number of aliphatic carboxylic acids is 1. The first kappa shape index (κ1) is 36.5. The zero-order valence-corrected chi connectivity index (χ0v) is 27.1. The predicted molar refractivity (Wildman–Crippen MR) is 175 cm³/mol. The summed E-state index contributed by atoms with van der Waals surface area (Å²) in [6.07, 6.45) is 5.90. The molecule has 0 saturated heterocycles. The van der Waals surface area contributed by atoms with E-state index in [1.807, 2.05) is 58.0 Å². The molecule has 0 fully saturated rings. The number of hydrogen-bond acceptors (Lipinski definition) is 4. The molecule has 240 valence electrons. The first-order valence-electron chi connectivity index (χ1n) is 14.8. The number of carboxylic acid groups (broad SMARTS) is 1.